The van der Waals surface area contributed by atoms with Gasteiger partial charge in [0, 0.05) is 23.5 Å². The molecular weight excluding hydrogens is 264 g/mol. The van der Waals surface area contributed by atoms with E-state index in [-0.39, 0.29) is 18.4 Å². The minimum absolute atomic E-state index is 0.166. The van der Waals surface area contributed by atoms with E-state index in [0.717, 1.165) is 16.8 Å². The molecule has 0 fully saturated rings. The third-order valence-corrected chi connectivity index (χ3v) is 3.37. The summed E-state index contributed by atoms with van der Waals surface area (Å²) in [6, 6.07) is 8.27. The molecule has 5 heteroatoms. The van der Waals surface area contributed by atoms with Crippen molar-refractivity contribution < 1.29 is 4.79 Å². The van der Waals surface area contributed by atoms with Gasteiger partial charge in [-0.05, 0) is 38.5 Å². The van der Waals surface area contributed by atoms with E-state index in [4.69, 9.17) is 5.73 Å². The summed E-state index contributed by atoms with van der Waals surface area (Å²) in [7, 11) is 0. The molecule has 21 heavy (non-hydrogen) atoms. The van der Waals surface area contributed by atoms with Crippen molar-refractivity contribution in [1.82, 2.24) is 9.78 Å². The summed E-state index contributed by atoms with van der Waals surface area (Å²) in [5.74, 6) is -0.315. The lowest BCUT2D eigenvalue weighted by Crippen LogP contribution is -2.13. The molecule has 0 aliphatic heterocycles. The van der Waals surface area contributed by atoms with E-state index in [9.17, 15) is 4.79 Å². The van der Waals surface area contributed by atoms with Gasteiger partial charge in [0.15, 0.2) is 0 Å². The second-order valence-electron chi connectivity index (χ2n) is 5.55. The molecule has 0 saturated carbocycles. The maximum absolute atomic E-state index is 10.9. The Labute approximate surface area is 125 Å². The van der Waals surface area contributed by atoms with Crippen LogP contribution in [0.15, 0.2) is 36.7 Å². The number of benzene rings is 1. The van der Waals surface area contributed by atoms with E-state index < -0.39 is 0 Å². The molecule has 1 atom stereocenters. The van der Waals surface area contributed by atoms with Crippen molar-refractivity contribution in [1.29, 1.82) is 0 Å². The first-order chi connectivity index (χ1) is 9.95. The normalized spacial score (nSPS) is 12.4. The van der Waals surface area contributed by atoms with Crippen LogP contribution < -0.4 is 11.1 Å². The number of nitrogens with one attached hydrogen (secondary N) is 1. The Kier molecular flexibility index (Phi) is 4.62. The van der Waals surface area contributed by atoms with Crippen molar-refractivity contribution in [3.63, 3.8) is 0 Å². The molecular formula is C16H22N4O. The summed E-state index contributed by atoms with van der Waals surface area (Å²) < 4.78 is 1.95. The first-order valence-corrected chi connectivity index (χ1v) is 7.13. The minimum atomic E-state index is -0.315. The second kappa shape index (κ2) is 6.43. The molecule has 0 bridgehead atoms. The summed E-state index contributed by atoms with van der Waals surface area (Å²) in [5.41, 5.74) is 8.26. The number of amides is 1. The van der Waals surface area contributed by atoms with Crippen molar-refractivity contribution in [3.8, 4) is 0 Å². The Morgan fingerprint density at radius 1 is 1.29 bits per heavy atom. The van der Waals surface area contributed by atoms with Gasteiger partial charge in [-0.3, -0.25) is 9.48 Å². The summed E-state index contributed by atoms with van der Waals surface area (Å²) in [4.78, 5) is 10.9. The van der Waals surface area contributed by atoms with Gasteiger partial charge in [-0.2, -0.15) is 5.10 Å². The van der Waals surface area contributed by atoms with Gasteiger partial charge in [-0.25, -0.2) is 0 Å². The molecule has 0 aliphatic rings. The molecule has 2 rings (SSSR count). The van der Waals surface area contributed by atoms with Crippen LogP contribution in [0.2, 0.25) is 0 Å². The second-order valence-corrected chi connectivity index (χ2v) is 5.55. The van der Waals surface area contributed by atoms with Crippen LogP contribution in [0.4, 0.5) is 5.69 Å². The number of nitrogens with zero attached hydrogens (tertiary/aromatic N) is 2. The molecule has 0 saturated heterocycles. The first kappa shape index (κ1) is 15.1. The van der Waals surface area contributed by atoms with E-state index in [0.29, 0.717) is 6.04 Å². The molecule has 1 aromatic carbocycles. The average Bonchev–Trinajstić information content (AvgIpc) is 2.90. The molecule has 0 aliphatic carbocycles. The van der Waals surface area contributed by atoms with Crippen LogP contribution in [-0.4, -0.2) is 15.7 Å². The maximum Gasteiger partial charge on any atom is 0.221 e. The number of primary amides is 1. The van der Waals surface area contributed by atoms with Crippen LogP contribution in [-0.2, 0) is 11.2 Å². The third kappa shape index (κ3) is 4.08. The average molecular weight is 286 g/mol. The zero-order valence-electron chi connectivity index (χ0n) is 12.7. The lowest BCUT2D eigenvalue weighted by Gasteiger charge is -2.14. The van der Waals surface area contributed by atoms with Gasteiger partial charge in [0.1, 0.15) is 0 Å². The molecule has 1 amide bonds. The molecule has 1 unspecified atom stereocenters. The number of carbonyl (C=O) groups excluding carboxylic acids is 1. The van der Waals surface area contributed by atoms with Gasteiger partial charge < -0.3 is 11.1 Å². The van der Waals surface area contributed by atoms with Crippen LogP contribution in [0.5, 0.6) is 0 Å². The molecule has 3 N–H and O–H groups in total. The number of nitrogens with two attached hydrogens (primary N) is 1. The van der Waals surface area contributed by atoms with Gasteiger partial charge in [-0.15, -0.1) is 0 Å². The Balaban J connectivity index is 2.01. The number of hydrogen-bond acceptors (Lipinski definition) is 3. The van der Waals surface area contributed by atoms with E-state index >= 15 is 0 Å². The summed E-state index contributed by atoms with van der Waals surface area (Å²) in [5, 5.41) is 7.77. The van der Waals surface area contributed by atoms with Crippen molar-refractivity contribution in [2.24, 2.45) is 5.73 Å². The Hall–Kier alpha value is -2.30. The third-order valence-electron chi connectivity index (χ3n) is 3.37. The molecule has 1 aromatic heterocycles. The zero-order chi connectivity index (χ0) is 15.4. The Morgan fingerprint density at radius 3 is 2.48 bits per heavy atom. The standard InChI is InChI=1S/C16H22N4O/c1-11(2)20-10-14(9-18-20)12(3)19-15-6-4-13(5-7-15)8-16(17)21/h4-7,9-12,19H,8H2,1-3H3,(H2,17,21). The Bertz CT molecular complexity index is 601. The lowest BCUT2D eigenvalue weighted by molar-refractivity contribution is -0.117. The van der Waals surface area contributed by atoms with E-state index in [1.807, 2.05) is 35.1 Å². The molecule has 2 aromatic rings. The van der Waals surface area contributed by atoms with Crippen LogP contribution >= 0.6 is 0 Å². The highest BCUT2D eigenvalue weighted by atomic mass is 16.1. The maximum atomic E-state index is 10.9. The van der Waals surface area contributed by atoms with Crippen LogP contribution in [0, 0.1) is 0 Å². The van der Waals surface area contributed by atoms with Crippen LogP contribution in [0.25, 0.3) is 0 Å². The topological polar surface area (TPSA) is 72.9 Å². The molecule has 0 radical (unpaired) electrons. The predicted octanol–water partition coefficient (Wildman–Crippen LogP) is 2.66. The SMILES string of the molecule is CC(Nc1ccc(CC(N)=O)cc1)c1cnn(C(C)C)c1. The highest BCUT2D eigenvalue weighted by molar-refractivity contribution is 5.76. The van der Waals surface area contributed by atoms with Gasteiger partial charge in [0.25, 0.3) is 0 Å². The number of hydrogen-bond donors (Lipinski definition) is 2. The highest BCUT2D eigenvalue weighted by Gasteiger charge is 2.09. The minimum Gasteiger partial charge on any atom is -0.378 e. The first-order valence-electron chi connectivity index (χ1n) is 7.13. The number of carbonyl (C=O) groups is 1. The smallest absolute Gasteiger partial charge is 0.221 e. The van der Waals surface area contributed by atoms with Gasteiger partial charge in [0.2, 0.25) is 5.91 Å². The van der Waals surface area contributed by atoms with Crippen molar-refractivity contribution in [2.75, 3.05) is 5.32 Å². The van der Waals surface area contributed by atoms with Crippen LogP contribution in [0.3, 0.4) is 0 Å². The quantitative estimate of drug-likeness (QED) is 0.857. The molecule has 112 valence electrons. The van der Waals surface area contributed by atoms with Crippen LogP contribution in [0.1, 0.15) is 44.0 Å². The number of anilines is 1. The summed E-state index contributed by atoms with van der Waals surface area (Å²) in [6.45, 7) is 6.30. The number of aromatic nitrogens is 2. The fraction of sp³-hybridized carbons (Fsp3) is 0.375. The zero-order valence-corrected chi connectivity index (χ0v) is 12.7. The van der Waals surface area contributed by atoms with Gasteiger partial charge in [-0.1, -0.05) is 12.1 Å². The molecule has 1 heterocycles. The highest BCUT2D eigenvalue weighted by Crippen LogP contribution is 2.20. The molecule has 0 spiro atoms. The van der Waals surface area contributed by atoms with Crippen molar-refractivity contribution in [2.45, 2.75) is 39.3 Å². The van der Waals surface area contributed by atoms with Gasteiger partial charge in [0.05, 0.1) is 18.7 Å². The summed E-state index contributed by atoms with van der Waals surface area (Å²) >= 11 is 0. The van der Waals surface area contributed by atoms with E-state index in [1.54, 1.807) is 0 Å². The van der Waals surface area contributed by atoms with Gasteiger partial charge >= 0.3 is 0 Å². The Morgan fingerprint density at radius 2 is 1.95 bits per heavy atom. The van der Waals surface area contributed by atoms with E-state index in [2.05, 4.69) is 37.4 Å². The fourth-order valence-corrected chi connectivity index (χ4v) is 2.11. The predicted molar refractivity (Wildman–Crippen MR) is 84.0 cm³/mol. The van der Waals surface area contributed by atoms with E-state index in [1.165, 1.54) is 0 Å². The fourth-order valence-electron chi connectivity index (χ4n) is 2.11. The lowest BCUT2D eigenvalue weighted by atomic mass is 10.1. The largest absolute Gasteiger partial charge is 0.378 e. The van der Waals surface area contributed by atoms with Crippen molar-refractivity contribution >= 4 is 11.6 Å². The number of rotatable bonds is 6. The monoisotopic (exact) mass is 286 g/mol. The summed E-state index contributed by atoms with van der Waals surface area (Å²) in [6.07, 6.45) is 4.22. The molecule has 5 nitrogen and oxygen atoms in total. The van der Waals surface area contributed by atoms with Crippen molar-refractivity contribution in [3.05, 3.63) is 47.8 Å².